The van der Waals surface area contributed by atoms with Gasteiger partial charge in [0.1, 0.15) is 23.0 Å². The maximum absolute atomic E-state index is 12.7. The zero-order valence-electron chi connectivity index (χ0n) is 20.0. The quantitative estimate of drug-likeness (QED) is 0.562. The van der Waals surface area contributed by atoms with E-state index in [2.05, 4.69) is 70.6 Å². The number of para-hydroxylation sites is 4. The lowest BCUT2D eigenvalue weighted by molar-refractivity contribution is 0.0893. The SMILES string of the molecule is COc1ccccc1N1CCN(CC(C)[N+]2(c3ccccc3)CNC(=O)c3ccccc32)CC1. The smallest absolute Gasteiger partial charge is 0.261 e. The van der Waals surface area contributed by atoms with Gasteiger partial charge < -0.3 is 15.0 Å². The number of carbonyl (C=O) groups is 1. The molecule has 2 aliphatic rings. The number of hydrogen-bond donors (Lipinski definition) is 1. The maximum atomic E-state index is 12.7. The van der Waals surface area contributed by atoms with E-state index >= 15 is 0 Å². The van der Waals surface area contributed by atoms with Crippen LogP contribution in [0.25, 0.3) is 0 Å². The van der Waals surface area contributed by atoms with Crippen LogP contribution in [0.5, 0.6) is 5.75 Å². The molecule has 2 atom stereocenters. The summed E-state index contributed by atoms with van der Waals surface area (Å²) in [4.78, 5) is 17.7. The molecule has 1 N–H and O–H groups in total. The first-order chi connectivity index (χ1) is 16.6. The van der Waals surface area contributed by atoms with Crippen molar-refractivity contribution < 1.29 is 9.53 Å². The van der Waals surface area contributed by atoms with Gasteiger partial charge in [-0.25, -0.2) is 4.48 Å². The van der Waals surface area contributed by atoms with Gasteiger partial charge in [-0.3, -0.25) is 9.69 Å². The number of hydrogen-bond acceptors (Lipinski definition) is 4. The number of rotatable bonds is 6. The number of piperazine rings is 1. The fourth-order valence-electron chi connectivity index (χ4n) is 5.54. The Morgan fingerprint density at radius 3 is 2.35 bits per heavy atom. The molecular weight excluding hydrogens is 424 g/mol. The molecule has 0 bridgehead atoms. The molecule has 2 unspecified atom stereocenters. The first kappa shape index (κ1) is 22.4. The number of methoxy groups -OCH3 is 1. The van der Waals surface area contributed by atoms with E-state index in [4.69, 9.17) is 4.74 Å². The van der Waals surface area contributed by atoms with Crippen molar-refractivity contribution in [2.45, 2.75) is 13.0 Å². The van der Waals surface area contributed by atoms with E-state index in [-0.39, 0.29) is 11.9 Å². The number of amides is 1. The van der Waals surface area contributed by atoms with E-state index in [0.717, 1.165) is 55.4 Å². The predicted molar refractivity (Wildman–Crippen MR) is 138 cm³/mol. The summed E-state index contributed by atoms with van der Waals surface area (Å²) in [7, 11) is 1.73. The first-order valence-corrected chi connectivity index (χ1v) is 12.0. The van der Waals surface area contributed by atoms with E-state index in [1.165, 1.54) is 5.69 Å². The zero-order valence-corrected chi connectivity index (χ0v) is 20.0. The monoisotopic (exact) mass is 457 g/mol. The Labute approximate surface area is 201 Å². The molecule has 2 aliphatic heterocycles. The third kappa shape index (κ3) is 3.93. The standard InChI is InChI=1S/C28H32N4O2/c1-22(20-30-16-18-31(19-17-30)25-13-7-9-15-27(25)34-2)32(23-10-4-3-5-11-23)21-29-28(33)24-12-6-8-14-26(24)32/h3-15,22H,16-21H2,1-2H3/p+1. The molecule has 0 spiro atoms. The highest BCUT2D eigenvalue weighted by atomic mass is 16.5. The Bertz CT molecular complexity index is 1140. The molecule has 6 heteroatoms. The molecular formula is C28H33N4O2+. The summed E-state index contributed by atoms with van der Waals surface area (Å²) >= 11 is 0. The number of carbonyl (C=O) groups excluding carboxylic acids is 1. The van der Waals surface area contributed by atoms with E-state index in [1.807, 2.05) is 30.3 Å². The minimum atomic E-state index is 0.0119. The molecule has 0 aliphatic carbocycles. The van der Waals surface area contributed by atoms with E-state index in [9.17, 15) is 4.79 Å². The van der Waals surface area contributed by atoms with Crippen LogP contribution in [0, 0.1) is 0 Å². The van der Waals surface area contributed by atoms with E-state index < -0.39 is 0 Å². The van der Waals surface area contributed by atoms with Crippen LogP contribution in [0.4, 0.5) is 17.1 Å². The Kier molecular flexibility index (Phi) is 6.26. The Morgan fingerprint density at radius 1 is 0.912 bits per heavy atom. The van der Waals surface area contributed by atoms with Crippen molar-refractivity contribution in [2.24, 2.45) is 0 Å². The van der Waals surface area contributed by atoms with Gasteiger partial charge in [0.2, 0.25) is 0 Å². The van der Waals surface area contributed by atoms with Crippen LogP contribution >= 0.6 is 0 Å². The van der Waals surface area contributed by atoms with Crippen molar-refractivity contribution in [3.63, 3.8) is 0 Å². The minimum Gasteiger partial charge on any atom is -0.495 e. The number of nitrogens with zero attached hydrogens (tertiary/aromatic N) is 3. The summed E-state index contributed by atoms with van der Waals surface area (Å²) in [5.74, 6) is 0.941. The van der Waals surface area contributed by atoms with Crippen molar-refractivity contribution in [2.75, 3.05) is 51.4 Å². The normalized spacial score (nSPS) is 21.5. The fourth-order valence-corrected chi connectivity index (χ4v) is 5.54. The third-order valence-electron chi connectivity index (χ3n) is 7.36. The van der Waals surface area contributed by atoms with E-state index in [1.54, 1.807) is 7.11 Å². The molecule has 176 valence electrons. The third-order valence-corrected chi connectivity index (χ3v) is 7.36. The van der Waals surface area contributed by atoms with Crippen LogP contribution in [0.15, 0.2) is 78.9 Å². The second kappa shape index (κ2) is 9.49. The van der Waals surface area contributed by atoms with Gasteiger partial charge in [0.15, 0.2) is 12.4 Å². The molecule has 0 aromatic heterocycles. The molecule has 5 rings (SSSR count). The van der Waals surface area contributed by atoms with Gasteiger partial charge in [-0.2, -0.15) is 0 Å². The first-order valence-electron chi connectivity index (χ1n) is 12.0. The van der Waals surface area contributed by atoms with Crippen molar-refractivity contribution >= 4 is 23.0 Å². The number of fused-ring (bicyclic) bond motifs is 1. The molecule has 1 saturated heterocycles. The van der Waals surface area contributed by atoms with Crippen molar-refractivity contribution in [3.05, 3.63) is 84.4 Å². The van der Waals surface area contributed by atoms with Gasteiger partial charge in [-0.05, 0) is 37.3 Å². The number of ether oxygens (including phenoxy) is 1. The summed E-state index contributed by atoms with van der Waals surface area (Å²) < 4.78 is 6.20. The topological polar surface area (TPSA) is 44.8 Å². The van der Waals surface area contributed by atoms with Crippen LogP contribution in [-0.4, -0.2) is 63.4 Å². The van der Waals surface area contributed by atoms with Crippen LogP contribution in [0.2, 0.25) is 0 Å². The van der Waals surface area contributed by atoms with Gasteiger partial charge in [-0.1, -0.05) is 42.5 Å². The average molecular weight is 458 g/mol. The van der Waals surface area contributed by atoms with Crippen LogP contribution in [0.3, 0.4) is 0 Å². The summed E-state index contributed by atoms with van der Waals surface area (Å²) in [5.41, 5.74) is 4.22. The van der Waals surface area contributed by atoms with Crippen molar-refractivity contribution in [1.29, 1.82) is 0 Å². The van der Waals surface area contributed by atoms with Gasteiger partial charge >= 0.3 is 0 Å². The van der Waals surface area contributed by atoms with Gasteiger partial charge in [-0.15, -0.1) is 0 Å². The summed E-state index contributed by atoms with van der Waals surface area (Å²) in [6.45, 7) is 7.72. The molecule has 3 aromatic carbocycles. The molecule has 6 nitrogen and oxygen atoms in total. The van der Waals surface area contributed by atoms with Gasteiger partial charge in [0.05, 0.1) is 19.3 Å². The molecule has 0 radical (unpaired) electrons. The molecule has 1 amide bonds. The molecule has 2 heterocycles. The molecule has 34 heavy (non-hydrogen) atoms. The Morgan fingerprint density at radius 2 is 1.59 bits per heavy atom. The number of benzene rings is 3. The van der Waals surface area contributed by atoms with Crippen LogP contribution in [0.1, 0.15) is 17.3 Å². The second-order valence-corrected chi connectivity index (χ2v) is 9.19. The summed E-state index contributed by atoms with van der Waals surface area (Å²) in [6.07, 6.45) is 0. The van der Waals surface area contributed by atoms with Gasteiger partial charge in [0.25, 0.3) is 5.91 Å². The number of anilines is 1. The van der Waals surface area contributed by atoms with E-state index in [0.29, 0.717) is 11.2 Å². The lowest BCUT2D eigenvalue weighted by atomic mass is 10.0. The zero-order chi connectivity index (χ0) is 23.5. The van der Waals surface area contributed by atoms with Gasteiger partial charge in [0, 0.05) is 32.2 Å². The maximum Gasteiger partial charge on any atom is 0.261 e. The van der Waals surface area contributed by atoms with Crippen LogP contribution in [-0.2, 0) is 0 Å². The van der Waals surface area contributed by atoms with Crippen molar-refractivity contribution in [1.82, 2.24) is 14.7 Å². The molecule has 0 saturated carbocycles. The lowest BCUT2D eigenvalue weighted by Gasteiger charge is -2.47. The lowest BCUT2D eigenvalue weighted by Crippen LogP contribution is -2.63. The summed E-state index contributed by atoms with van der Waals surface area (Å²) in [5, 5.41) is 3.18. The average Bonchev–Trinajstić information content (AvgIpc) is 2.90. The highest BCUT2D eigenvalue weighted by molar-refractivity contribution is 6.01. The highest BCUT2D eigenvalue weighted by Crippen LogP contribution is 2.41. The Hall–Kier alpha value is -3.35. The minimum absolute atomic E-state index is 0.0119. The molecule has 1 fully saturated rings. The second-order valence-electron chi connectivity index (χ2n) is 9.19. The summed E-state index contributed by atoms with van der Waals surface area (Å²) in [6, 6.07) is 27.2. The molecule has 3 aromatic rings. The number of quaternary nitrogens is 1. The van der Waals surface area contributed by atoms with Crippen LogP contribution < -0.4 is 19.4 Å². The largest absolute Gasteiger partial charge is 0.495 e. The number of nitrogens with one attached hydrogen (secondary N) is 1. The highest BCUT2D eigenvalue weighted by Gasteiger charge is 2.45. The van der Waals surface area contributed by atoms with Crippen molar-refractivity contribution in [3.8, 4) is 5.75 Å². The Balaban J connectivity index is 1.39. The fraction of sp³-hybridized carbons (Fsp3) is 0.321. The predicted octanol–water partition coefficient (Wildman–Crippen LogP) is 4.25.